The molecule has 0 aliphatic heterocycles. The van der Waals surface area contributed by atoms with E-state index in [1.165, 1.54) is 31.7 Å². The molecule has 1 aromatic heterocycles. The summed E-state index contributed by atoms with van der Waals surface area (Å²) in [6.07, 6.45) is 1.39. The summed E-state index contributed by atoms with van der Waals surface area (Å²) < 4.78 is 38.2. The van der Waals surface area contributed by atoms with Gasteiger partial charge in [-0.05, 0) is 30.5 Å². The largest absolute Gasteiger partial charge is 0.502 e. The Morgan fingerprint density at radius 2 is 1.76 bits per heavy atom. The minimum atomic E-state index is -3.99. The van der Waals surface area contributed by atoms with Crippen LogP contribution in [0, 0.1) is 0 Å². The number of phenols is 1. The summed E-state index contributed by atoms with van der Waals surface area (Å²) in [5.74, 6) is -1.27. The van der Waals surface area contributed by atoms with Gasteiger partial charge in [0.25, 0.3) is 11.8 Å². The van der Waals surface area contributed by atoms with Crippen LogP contribution < -0.4 is 18.9 Å². The summed E-state index contributed by atoms with van der Waals surface area (Å²) in [6.45, 7) is 2.16. The van der Waals surface area contributed by atoms with Gasteiger partial charge in [-0.25, -0.2) is 9.71 Å². The third-order valence-electron chi connectivity index (χ3n) is 5.42. The van der Waals surface area contributed by atoms with Gasteiger partial charge >= 0.3 is 10.2 Å². The standard InChI is InChI=1S/C25H30N4O7S2/c1-4-26-38(33,34)28-24(31)19-16-37-22(27-19)15-29(12-8-11-17-9-6-5-7-10-17)25(32)18-13-20(35-2)23(30)21(14-18)36-3/h5-7,9-10,13-14,16,26,30H,4,8,11-12,15H2,1-3H3,(H,28,31). The number of benzene rings is 2. The van der Waals surface area contributed by atoms with E-state index in [9.17, 15) is 23.1 Å². The number of ether oxygens (including phenoxy) is 2. The van der Waals surface area contributed by atoms with Gasteiger partial charge in [0.15, 0.2) is 11.5 Å². The third-order valence-corrected chi connectivity index (χ3v) is 7.38. The lowest BCUT2D eigenvalue weighted by molar-refractivity contribution is 0.0740. The highest BCUT2D eigenvalue weighted by atomic mass is 32.2. The van der Waals surface area contributed by atoms with Gasteiger partial charge in [0.1, 0.15) is 10.7 Å². The van der Waals surface area contributed by atoms with E-state index in [2.05, 4.69) is 9.71 Å². The minimum absolute atomic E-state index is 0.0730. The molecule has 0 unspecified atom stereocenters. The summed E-state index contributed by atoms with van der Waals surface area (Å²) in [6, 6.07) is 12.7. The molecule has 1 heterocycles. The summed E-state index contributed by atoms with van der Waals surface area (Å²) in [5.41, 5.74) is 1.29. The van der Waals surface area contributed by atoms with E-state index in [4.69, 9.17) is 9.47 Å². The molecule has 0 aliphatic carbocycles. The Kier molecular flexibility index (Phi) is 10.0. The molecule has 204 valence electrons. The zero-order chi connectivity index (χ0) is 27.7. The van der Waals surface area contributed by atoms with Gasteiger partial charge in [-0.1, -0.05) is 37.3 Å². The molecule has 2 aromatic carbocycles. The molecule has 0 spiro atoms. The monoisotopic (exact) mass is 562 g/mol. The number of phenolic OH excluding ortho intramolecular Hbond substituents is 1. The number of aromatic nitrogens is 1. The van der Waals surface area contributed by atoms with Gasteiger partial charge in [-0.3, -0.25) is 9.59 Å². The number of amides is 2. The normalized spacial score (nSPS) is 11.1. The number of carbonyl (C=O) groups excluding carboxylic acids is 2. The first-order valence-electron chi connectivity index (χ1n) is 11.7. The molecule has 0 bridgehead atoms. The lowest BCUT2D eigenvalue weighted by Gasteiger charge is -2.22. The number of rotatable bonds is 13. The molecule has 0 fully saturated rings. The van der Waals surface area contributed by atoms with Crippen molar-refractivity contribution in [2.75, 3.05) is 27.3 Å². The van der Waals surface area contributed by atoms with Crippen molar-refractivity contribution in [2.45, 2.75) is 26.3 Å². The highest BCUT2D eigenvalue weighted by Gasteiger charge is 2.23. The number of carbonyl (C=O) groups is 2. The molecular formula is C25H30N4O7S2. The molecule has 3 N–H and O–H groups in total. The average Bonchev–Trinajstić information content (AvgIpc) is 3.37. The summed E-state index contributed by atoms with van der Waals surface area (Å²) in [5, 5.41) is 12.1. The van der Waals surface area contributed by atoms with E-state index in [1.807, 2.05) is 35.1 Å². The Hall–Kier alpha value is -3.68. The average molecular weight is 563 g/mol. The van der Waals surface area contributed by atoms with Crippen LogP contribution in [-0.4, -0.2) is 62.5 Å². The van der Waals surface area contributed by atoms with Gasteiger partial charge in [0.2, 0.25) is 5.75 Å². The van der Waals surface area contributed by atoms with E-state index < -0.39 is 16.1 Å². The van der Waals surface area contributed by atoms with Gasteiger partial charge in [0, 0.05) is 24.0 Å². The molecule has 2 amide bonds. The zero-order valence-corrected chi connectivity index (χ0v) is 22.9. The predicted molar refractivity (Wildman–Crippen MR) is 143 cm³/mol. The number of aromatic hydroxyl groups is 1. The predicted octanol–water partition coefficient (Wildman–Crippen LogP) is 2.73. The van der Waals surface area contributed by atoms with E-state index in [1.54, 1.807) is 11.8 Å². The number of hydrogen-bond donors (Lipinski definition) is 3. The van der Waals surface area contributed by atoms with Crippen LogP contribution in [0.15, 0.2) is 47.8 Å². The highest BCUT2D eigenvalue weighted by Crippen LogP contribution is 2.37. The molecule has 0 saturated carbocycles. The Morgan fingerprint density at radius 3 is 2.37 bits per heavy atom. The Balaban J connectivity index is 1.83. The van der Waals surface area contributed by atoms with Crippen molar-refractivity contribution in [2.24, 2.45) is 0 Å². The van der Waals surface area contributed by atoms with Crippen molar-refractivity contribution in [3.63, 3.8) is 0 Å². The first-order chi connectivity index (χ1) is 18.2. The molecule has 3 aromatic rings. The number of thiazole rings is 1. The lowest BCUT2D eigenvalue weighted by atomic mass is 10.1. The van der Waals surface area contributed by atoms with Crippen LogP contribution in [0.4, 0.5) is 0 Å². The highest BCUT2D eigenvalue weighted by molar-refractivity contribution is 7.88. The molecule has 0 aliphatic rings. The molecule has 0 saturated heterocycles. The molecule has 3 rings (SSSR count). The van der Waals surface area contributed by atoms with Crippen LogP contribution in [0.25, 0.3) is 0 Å². The van der Waals surface area contributed by atoms with E-state index >= 15 is 0 Å². The second kappa shape index (κ2) is 13.2. The van der Waals surface area contributed by atoms with Gasteiger partial charge < -0.3 is 19.5 Å². The van der Waals surface area contributed by atoms with Gasteiger partial charge in [-0.15, -0.1) is 11.3 Å². The first-order valence-corrected chi connectivity index (χ1v) is 14.1. The summed E-state index contributed by atoms with van der Waals surface area (Å²) >= 11 is 1.14. The van der Waals surface area contributed by atoms with Gasteiger partial charge in [-0.2, -0.15) is 13.1 Å². The summed E-state index contributed by atoms with van der Waals surface area (Å²) in [7, 11) is -1.24. The first kappa shape index (κ1) is 28.9. The summed E-state index contributed by atoms with van der Waals surface area (Å²) in [4.78, 5) is 31.8. The van der Waals surface area contributed by atoms with Crippen molar-refractivity contribution in [3.05, 3.63) is 69.7 Å². The molecule has 11 nitrogen and oxygen atoms in total. The van der Waals surface area contributed by atoms with E-state index in [-0.39, 0.29) is 47.5 Å². The smallest absolute Gasteiger partial charge is 0.301 e. The maximum absolute atomic E-state index is 13.6. The fourth-order valence-corrected chi connectivity index (χ4v) is 5.21. The van der Waals surface area contributed by atoms with Crippen LogP contribution >= 0.6 is 11.3 Å². The lowest BCUT2D eigenvalue weighted by Crippen LogP contribution is -2.40. The van der Waals surface area contributed by atoms with Crippen molar-refractivity contribution in [3.8, 4) is 17.2 Å². The van der Waals surface area contributed by atoms with Crippen LogP contribution in [0.5, 0.6) is 17.2 Å². The Labute approximate surface area is 225 Å². The maximum Gasteiger partial charge on any atom is 0.301 e. The van der Waals surface area contributed by atoms with Crippen LogP contribution in [0.1, 0.15) is 44.8 Å². The number of aryl methyl sites for hydroxylation is 1. The number of nitrogens with zero attached hydrogens (tertiary/aromatic N) is 2. The SMILES string of the molecule is CCNS(=O)(=O)NC(=O)c1csc(CN(CCCc2ccccc2)C(=O)c2cc(OC)c(O)c(OC)c2)n1. The van der Waals surface area contributed by atoms with E-state index in [0.29, 0.717) is 18.0 Å². The van der Waals surface area contributed by atoms with Crippen molar-refractivity contribution < 1.29 is 32.6 Å². The fraction of sp³-hybridized carbons (Fsp3) is 0.320. The van der Waals surface area contributed by atoms with Gasteiger partial charge in [0.05, 0.1) is 20.8 Å². The van der Waals surface area contributed by atoms with E-state index in [0.717, 1.165) is 23.3 Å². The van der Waals surface area contributed by atoms with Crippen LogP contribution in [0.2, 0.25) is 0 Å². The fourth-order valence-electron chi connectivity index (χ4n) is 3.62. The second-order valence-electron chi connectivity index (χ2n) is 8.10. The molecule has 38 heavy (non-hydrogen) atoms. The van der Waals surface area contributed by atoms with Crippen molar-refractivity contribution in [1.82, 2.24) is 19.3 Å². The molecule has 0 atom stereocenters. The topological polar surface area (TPSA) is 147 Å². The quantitative estimate of drug-likeness (QED) is 0.288. The van der Waals surface area contributed by atoms with Crippen LogP contribution in [-0.2, 0) is 23.2 Å². The van der Waals surface area contributed by atoms with Crippen LogP contribution in [0.3, 0.4) is 0 Å². The zero-order valence-electron chi connectivity index (χ0n) is 21.3. The minimum Gasteiger partial charge on any atom is -0.502 e. The van der Waals surface area contributed by atoms with Crippen molar-refractivity contribution in [1.29, 1.82) is 0 Å². The number of methoxy groups -OCH3 is 2. The second-order valence-corrected chi connectivity index (χ2v) is 10.5. The maximum atomic E-state index is 13.6. The third kappa shape index (κ3) is 7.66. The number of nitrogens with one attached hydrogen (secondary N) is 2. The molecular weight excluding hydrogens is 532 g/mol. The Bertz CT molecular complexity index is 1340. The molecule has 13 heteroatoms. The Morgan fingerprint density at radius 1 is 1.11 bits per heavy atom. The van der Waals surface area contributed by atoms with Crippen molar-refractivity contribution >= 4 is 33.4 Å². The molecule has 0 radical (unpaired) electrons. The number of hydrogen-bond acceptors (Lipinski definition) is 9.